The summed E-state index contributed by atoms with van der Waals surface area (Å²) in [6.07, 6.45) is 0.763. The van der Waals surface area contributed by atoms with Crippen LogP contribution < -0.4 is 5.73 Å². The highest BCUT2D eigenvalue weighted by Crippen LogP contribution is 2.27. The summed E-state index contributed by atoms with van der Waals surface area (Å²) < 4.78 is 32.7. The first-order valence-electron chi connectivity index (χ1n) is 7.23. The van der Waals surface area contributed by atoms with E-state index in [2.05, 4.69) is 6.92 Å². The molecular weight excluding hydrogens is 288 g/mol. The molecule has 21 heavy (non-hydrogen) atoms. The number of nitrogens with two attached hydrogens (primary N) is 1. The zero-order valence-electron chi connectivity index (χ0n) is 12.9. The van der Waals surface area contributed by atoms with E-state index in [4.69, 9.17) is 10.5 Å². The van der Waals surface area contributed by atoms with Crippen LogP contribution in [0.25, 0.3) is 0 Å². The maximum Gasteiger partial charge on any atom is 0.243 e. The quantitative estimate of drug-likeness (QED) is 0.914. The summed E-state index contributed by atoms with van der Waals surface area (Å²) in [6.45, 7) is 5.20. The smallest absolute Gasteiger partial charge is 0.243 e. The first-order chi connectivity index (χ1) is 9.91. The molecule has 6 heteroatoms. The third-order valence-corrected chi connectivity index (χ3v) is 6.40. The molecule has 1 heterocycles. The average molecular weight is 312 g/mol. The van der Waals surface area contributed by atoms with Crippen LogP contribution in [0.3, 0.4) is 0 Å². The Hall–Kier alpha value is -0.950. The molecule has 0 bridgehead atoms. The van der Waals surface area contributed by atoms with Gasteiger partial charge in [-0.25, -0.2) is 8.42 Å². The summed E-state index contributed by atoms with van der Waals surface area (Å²) in [6, 6.07) is 5.27. The van der Waals surface area contributed by atoms with Gasteiger partial charge in [0.15, 0.2) is 0 Å². The number of ether oxygens (including phenoxy) is 1. The lowest BCUT2D eigenvalue weighted by Crippen LogP contribution is -2.46. The lowest BCUT2D eigenvalue weighted by Gasteiger charge is -2.35. The standard InChI is InChI=1S/C15H24N2O3S/c1-11-7-8-17(10-14(11)20-3)21(18,19)15-6-4-5-13(9-16)12(15)2/h4-6,11,14H,7-10,16H2,1-3H3. The number of piperidine rings is 1. The molecule has 0 radical (unpaired) electrons. The van der Waals surface area contributed by atoms with Crippen molar-refractivity contribution in [3.05, 3.63) is 29.3 Å². The third-order valence-electron chi connectivity index (χ3n) is 4.39. The molecule has 0 aliphatic carbocycles. The van der Waals surface area contributed by atoms with Crippen molar-refractivity contribution in [1.82, 2.24) is 4.31 Å². The molecule has 118 valence electrons. The molecule has 0 aromatic heterocycles. The van der Waals surface area contributed by atoms with Gasteiger partial charge < -0.3 is 10.5 Å². The highest BCUT2D eigenvalue weighted by Gasteiger charge is 2.34. The van der Waals surface area contributed by atoms with E-state index in [0.717, 1.165) is 17.5 Å². The van der Waals surface area contributed by atoms with E-state index in [9.17, 15) is 8.42 Å². The topological polar surface area (TPSA) is 72.6 Å². The summed E-state index contributed by atoms with van der Waals surface area (Å²) >= 11 is 0. The van der Waals surface area contributed by atoms with Crippen LogP contribution in [0.15, 0.2) is 23.1 Å². The summed E-state index contributed by atoms with van der Waals surface area (Å²) in [5, 5.41) is 0. The van der Waals surface area contributed by atoms with Gasteiger partial charge in [0.1, 0.15) is 0 Å². The molecule has 1 fully saturated rings. The van der Waals surface area contributed by atoms with Crippen molar-refractivity contribution in [2.75, 3.05) is 20.2 Å². The van der Waals surface area contributed by atoms with E-state index in [1.807, 2.05) is 13.0 Å². The number of hydrogen-bond acceptors (Lipinski definition) is 4. The van der Waals surface area contributed by atoms with E-state index in [-0.39, 0.29) is 6.10 Å². The zero-order chi connectivity index (χ0) is 15.6. The summed E-state index contributed by atoms with van der Waals surface area (Å²) in [7, 11) is -1.86. The van der Waals surface area contributed by atoms with Gasteiger partial charge in [0, 0.05) is 26.7 Å². The summed E-state index contributed by atoms with van der Waals surface area (Å²) in [4.78, 5) is 0.356. The minimum absolute atomic E-state index is 0.0495. The van der Waals surface area contributed by atoms with Crippen molar-refractivity contribution >= 4 is 10.0 Å². The minimum atomic E-state index is -3.49. The van der Waals surface area contributed by atoms with Crippen LogP contribution >= 0.6 is 0 Å². The van der Waals surface area contributed by atoms with Gasteiger partial charge in [-0.05, 0) is 36.5 Å². The summed E-state index contributed by atoms with van der Waals surface area (Å²) in [5.41, 5.74) is 7.28. The highest BCUT2D eigenvalue weighted by atomic mass is 32.2. The second-order valence-electron chi connectivity index (χ2n) is 5.65. The minimum Gasteiger partial charge on any atom is -0.380 e. The van der Waals surface area contributed by atoms with Gasteiger partial charge in [0.25, 0.3) is 0 Å². The van der Waals surface area contributed by atoms with Crippen molar-refractivity contribution in [3.8, 4) is 0 Å². The number of hydrogen-bond donors (Lipinski definition) is 1. The molecule has 2 N–H and O–H groups in total. The Balaban J connectivity index is 2.34. The number of nitrogens with zero attached hydrogens (tertiary/aromatic N) is 1. The van der Waals surface area contributed by atoms with E-state index >= 15 is 0 Å². The largest absolute Gasteiger partial charge is 0.380 e. The SMILES string of the molecule is COC1CN(S(=O)(=O)c2cccc(CN)c2C)CCC1C. The molecule has 5 nitrogen and oxygen atoms in total. The van der Waals surface area contributed by atoms with Crippen molar-refractivity contribution in [2.45, 2.75) is 37.8 Å². The van der Waals surface area contributed by atoms with E-state index in [1.165, 1.54) is 4.31 Å². The van der Waals surface area contributed by atoms with Crippen LogP contribution in [0.5, 0.6) is 0 Å². The van der Waals surface area contributed by atoms with Crippen LogP contribution in [0.4, 0.5) is 0 Å². The van der Waals surface area contributed by atoms with Crippen LogP contribution in [-0.4, -0.2) is 39.0 Å². The number of sulfonamides is 1. The Bertz CT molecular complexity index is 601. The second kappa shape index (κ2) is 6.44. The fraction of sp³-hybridized carbons (Fsp3) is 0.600. The van der Waals surface area contributed by atoms with Crippen LogP contribution in [0.1, 0.15) is 24.5 Å². The van der Waals surface area contributed by atoms with Crippen molar-refractivity contribution in [2.24, 2.45) is 11.7 Å². The van der Waals surface area contributed by atoms with Crippen LogP contribution in [-0.2, 0) is 21.3 Å². The van der Waals surface area contributed by atoms with Gasteiger partial charge in [-0.2, -0.15) is 4.31 Å². The van der Waals surface area contributed by atoms with E-state index in [1.54, 1.807) is 19.2 Å². The van der Waals surface area contributed by atoms with Gasteiger partial charge in [-0.1, -0.05) is 19.1 Å². The van der Waals surface area contributed by atoms with Crippen molar-refractivity contribution in [1.29, 1.82) is 0 Å². The molecule has 0 amide bonds. The van der Waals surface area contributed by atoms with Crippen LogP contribution in [0.2, 0.25) is 0 Å². The Morgan fingerprint density at radius 1 is 1.43 bits per heavy atom. The average Bonchev–Trinajstić information content (AvgIpc) is 2.47. The van der Waals surface area contributed by atoms with Crippen molar-refractivity contribution in [3.63, 3.8) is 0 Å². The molecule has 1 aromatic rings. The van der Waals surface area contributed by atoms with E-state index in [0.29, 0.717) is 30.4 Å². The first kappa shape index (κ1) is 16.4. The zero-order valence-corrected chi connectivity index (χ0v) is 13.7. The molecule has 0 saturated carbocycles. The molecule has 1 aliphatic heterocycles. The fourth-order valence-corrected chi connectivity index (χ4v) is 4.57. The second-order valence-corrected chi connectivity index (χ2v) is 7.55. The van der Waals surface area contributed by atoms with Gasteiger partial charge in [0.05, 0.1) is 11.0 Å². The maximum absolute atomic E-state index is 12.9. The monoisotopic (exact) mass is 312 g/mol. The molecular formula is C15H24N2O3S. The summed E-state index contributed by atoms with van der Waals surface area (Å²) in [5.74, 6) is 0.373. The third kappa shape index (κ3) is 3.13. The molecule has 2 rings (SSSR count). The first-order valence-corrected chi connectivity index (χ1v) is 8.67. The lowest BCUT2D eigenvalue weighted by molar-refractivity contribution is 0.0183. The Morgan fingerprint density at radius 2 is 2.14 bits per heavy atom. The Morgan fingerprint density at radius 3 is 2.76 bits per heavy atom. The molecule has 1 saturated heterocycles. The predicted molar refractivity (Wildman–Crippen MR) is 82.4 cm³/mol. The van der Waals surface area contributed by atoms with Gasteiger partial charge in [-0.3, -0.25) is 0 Å². The van der Waals surface area contributed by atoms with Gasteiger partial charge in [0.2, 0.25) is 10.0 Å². The normalized spacial score (nSPS) is 24.2. The molecule has 2 unspecified atom stereocenters. The predicted octanol–water partition coefficient (Wildman–Crippen LogP) is 1.50. The Labute approximate surface area is 127 Å². The maximum atomic E-state index is 12.9. The van der Waals surface area contributed by atoms with Gasteiger partial charge >= 0.3 is 0 Å². The number of methoxy groups -OCH3 is 1. The van der Waals surface area contributed by atoms with Gasteiger partial charge in [-0.15, -0.1) is 0 Å². The van der Waals surface area contributed by atoms with Crippen LogP contribution in [0, 0.1) is 12.8 Å². The molecule has 1 aliphatic rings. The molecule has 0 spiro atoms. The highest BCUT2D eigenvalue weighted by molar-refractivity contribution is 7.89. The number of rotatable bonds is 4. The number of benzene rings is 1. The van der Waals surface area contributed by atoms with E-state index < -0.39 is 10.0 Å². The fourth-order valence-electron chi connectivity index (χ4n) is 2.83. The molecule has 2 atom stereocenters. The van der Waals surface area contributed by atoms with Crippen molar-refractivity contribution < 1.29 is 13.2 Å². The lowest BCUT2D eigenvalue weighted by atomic mass is 9.97. The molecule has 1 aromatic carbocycles. The Kier molecular flexibility index (Phi) is 5.03.